The summed E-state index contributed by atoms with van der Waals surface area (Å²) in [6.45, 7) is 2.13. The molecule has 3 rings (SSSR count). The number of hydrogen-bond acceptors (Lipinski definition) is 6. The summed E-state index contributed by atoms with van der Waals surface area (Å²) in [4.78, 5) is 20.6. The molecule has 0 amide bonds. The first-order valence-corrected chi connectivity index (χ1v) is 7.57. The Morgan fingerprint density at radius 2 is 2.29 bits per heavy atom. The molecular formula is C14H14BrN3O3. The molecule has 1 aliphatic rings. The summed E-state index contributed by atoms with van der Waals surface area (Å²) in [5.74, 6) is 0.482. The van der Waals surface area contributed by atoms with Gasteiger partial charge in [0.15, 0.2) is 0 Å². The van der Waals surface area contributed by atoms with Gasteiger partial charge in [0, 0.05) is 22.4 Å². The molecule has 0 bridgehead atoms. The first-order chi connectivity index (χ1) is 10.2. The second-order valence-corrected chi connectivity index (χ2v) is 5.89. The molecule has 0 saturated heterocycles. The molecule has 1 saturated carbocycles. The Kier molecular flexibility index (Phi) is 3.75. The summed E-state index contributed by atoms with van der Waals surface area (Å²) in [5.41, 5.74) is -0.0292. The highest BCUT2D eigenvalue weighted by Gasteiger charge is 2.52. The van der Waals surface area contributed by atoms with Crippen molar-refractivity contribution < 1.29 is 14.1 Å². The molecule has 0 N–H and O–H groups in total. The van der Waals surface area contributed by atoms with Crippen molar-refractivity contribution in [3.8, 4) is 11.4 Å². The molecule has 1 fully saturated rings. The number of aromatic nitrogens is 3. The van der Waals surface area contributed by atoms with Gasteiger partial charge < -0.3 is 9.26 Å². The van der Waals surface area contributed by atoms with E-state index in [0.717, 1.165) is 16.5 Å². The number of carbonyl (C=O) groups excluding carboxylic acids is 1. The Bertz CT molecular complexity index is 667. The minimum atomic E-state index is -0.763. The molecule has 0 atom stereocenters. The molecule has 1 aliphatic carbocycles. The van der Waals surface area contributed by atoms with E-state index in [-0.39, 0.29) is 5.97 Å². The number of carbonyl (C=O) groups is 1. The molecule has 0 aromatic carbocycles. The second kappa shape index (κ2) is 5.55. The van der Waals surface area contributed by atoms with Crippen LogP contribution in [0.1, 0.15) is 32.1 Å². The Labute approximate surface area is 130 Å². The summed E-state index contributed by atoms with van der Waals surface area (Å²) in [7, 11) is 0. The lowest BCUT2D eigenvalue weighted by Gasteiger charge is -2.35. The molecule has 0 unspecified atom stereocenters. The Balaban J connectivity index is 1.92. The zero-order chi connectivity index (χ0) is 14.9. The quantitative estimate of drug-likeness (QED) is 0.788. The third kappa shape index (κ3) is 2.46. The van der Waals surface area contributed by atoms with Crippen LogP contribution in [0.3, 0.4) is 0 Å². The lowest BCUT2D eigenvalue weighted by atomic mass is 9.68. The molecule has 7 heteroatoms. The van der Waals surface area contributed by atoms with Gasteiger partial charge in [-0.3, -0.25) is 9.78 Å². The first kappa shape index (κ1) is 14.2. The van der Waals surface area contributed by atoms with Crippen LogP contribution in [-0.4, -0.2) is 27.7 Å². The van der Waals surface area contributed by atoms with Crippen LogP contribution >= 0.6 is 15.9 Å². The minimum Gasteiger partial charge on any atom is -0.465 e. The Morgan fingerprint density at radius 3 is 2.90 bits per heavy atom. The predicted molar refractivity (Wildman–Crippen MR) is 77.4 cm³/mol. The normalized spacial score (nSPS) is 16.3. The van der Waals surface area contributed by atoms with Gasteiger partial charge in [0.1, 0.15) is 5.41 Å². The Hall–Kier alpha value is -1.76. The zero-order valence-electron chi connectivity index (χ0n) is 11.5. The van der Waals surface area contributed by atoms with E-state index in [9.17, 15) is 4.79 Å². The largest absolute Gasteiger partial charge is 0.465 e. The number of ether oxygens (including phenoxy) is 1. The van der Waals surface area contributed by atoms with Gasteiger partial charge in [-0.05, 0) is 41.8 Å². The molecule has 110 valence electrons. The van der Waals surface area contributed by atoms with Crippen LogP contribution in [0.4, 0.5) is 0 Å². The highest BCUT2D eigenvalue weighted by molar-refractivity contribution is 9.10. The van der Waals surface area contributed by atoms with Crippen molar-refractivity contribution in [3.63, 3.8) is 0 Å². The van der Waals surface area contributed by atoms with Gasteiger partial charge in [-0.25, -0.2) is 0 Å². The number of nitrogens with zero attached hydrogens (tertiary/aromatic N) is 3. The third-order valence-corrected chi connectivity index (χ3v) is 4.11. The molecule has 0 radical (unpaired) electrons. The van der Waals surface area contributed by atoms with E-state index in [2.05, 4.69) is 31.1 Å². The SMILES string of the molecule is CCOC(=O)C1(c2nc(-c3cncc(Br)c3)no2)CCC1. The molecule has 0 spiro atoms. The average molecular weight is 352 g/mol. The summed E-state index contributed by atoms with van der Waals surface area (Å²) in [6.07, 6.45) is 5.65. The highest BCUT2D eigenvalue weighted by Crippen LogP contribution is 2.44. The standard InChI is InChI=1S/C14H14BrN3O3/c1-2-20-13(19)14(4-3-5-14)12-17-11(18-21-12)9-6-10(15)8-16-7-9/h6-8H,2-5H2,1H3. The lowest BCUT2D eigenvalue weighted by molar-refractivity contribution is -0.155. The van der Waals surface area contributed by atoms with Crippen LogP contribution in [0.5, 0.6) is 0 Å². The van der Waals surface area contributed by atoms with E-state index < -0.39 is 5.41 Å². The topological polar surface area (TPSA) is 78.1 Å². The van der Waals surface area contributed by atoms with E-state index in [0.29, 0.717) is 31.2 Å². The lowest BCUT2D eigenvalue weighted by Crippen LogP contribution is -2.44. The smallest absolute Gasteiger partial charge is 0.321 e. The fourth-order valence-corrected chi connectivity index (χ4v) is 2.74. The van der Waals surface area contributed by atoms with E-state index in [1.54, 1.807) is 19.3 Å². The number of esters is 1. The van der Waals surface area contributed by atoms with Crippen LogP contribution in [0.15, 0.2) is 27.5 Å². The van der Waals surface area contributed by atoms with Gasteiger partial charge in [0.25, 0.3) is 0 Å². The molecule has 2 aromatic heterocycles. The number of rotatable bonds is 4. The maximum atomic E-state index is 12.2. The van der Waals surface area contributed by atoms with E-state index in [1.165, 1.54) is 0 Å². The Morgan fingerprint density at radius 1 is 1.48 bits per heavy atom. The summed E-state index contributed by atoms with van der Waals surface area (Å²) in [6, 6.07) is 1.85. The maximum absolute atomic E-state index is 12.2. The van der Waals surface area contributed by atoms with Crippen molar-refractivity contribution in [1.82, 2.24) is 15.1 Å². The monoisotopic (exact) mass is 351 g/mol. The van der Waals surface area contributed by atoms with Gasteiger partial charge in [-0.15, -0.1) is 0 Å². The number of pyridine rings is 1. The summed E-state index contributed by atoms with van der Waals surface area (Å²) in [5, 5.41) is 3.96. The third-order valence-electron chi connectivity index (χ3n) is 3.67. The molecule has 6 nitrogen and oxygen atoms in total. The van der Waals surface area contributed by atoms with Gasteiger partial charge in [-0.2, -0.15) is 4.98 Å². The van der Waals surface area contributed by atoms with Crippen molar-refractivity contribution in [2.24, 2.45) is 0 Å². The fraction of sp³-hybridized carbons (Fsp3) is 0.429. The number of halogens is 1. The molecule has 21 heavy (non-hydrogen) atoms. The second-order valence-electron chi connectivity index (χ2n) is 4.97. The highest BCUT2D eigenvalue weighted by atomic mass is 79.9. The molecule has 2 aromatic rings. The summed E-state index contributed by atoms with van der Waals surface area (Å²) < 4.78 is 11.3. The van der Waals surface area contributed by atoms with E-state index >= 15 is 0 Å². The van der Waals surface area contributed by atoms with Crippen molar-refractivity contribution >= 4 is 21.9 Å². The van der Waals surface area contributed by atoms with Crippen molar-refractivity contribution in [2.75, 3.05) is 6.61 Å². The van der Waals surface area contributed by atoms with Crippen molar-refractivity contribution in [2.45, 2.75) is 31.6 Å². The van der Waals surface area contributed by atoms with Gasteiger partial charge in [0.2, 0.25) is 11.7 Å². The predicted octanol–water partition coefficient (Wildman–Crippen LogP) is 2.88. The average Bonchev–Trinajstić information content (AvgIpc) is 2.88. The van der Waals surface area contributed by atoms with Crippen LogP contribution in [-0.2, 0) is 14.9 Å². The van der Waals surface area contributed by atoms with E-state index in [1.807, 2.05) is 6.07 Å². The van der Waals surface area contributed by atoms with Crippen LogP contribution in [0.2, 0.25) is 0 Å². The molecule has 2 heterocycles. The fourth-order valence-electron chi connectivity index (χ4n) is 2.37. The van der Waals surface area contributed by atoms with Gasteiger partial charge >= 0.3 is 5.97 Å². The first-order valence-electron chi connectivity index (χ1n) is 6.78. The summed E-state index contributed by atoms with van der Waals surface area (Å²) >= 11 is 3.35. The van der Waals surface area contributed by atoms with Gasteiger partial charge in [-0.1, -0.05) is 11.6 Å². The molecule has 0 aliphatic heterocycles. The molecular weight excluding hydrogens is 338 g/mol. The van der Waals surface area contributed by atoms with Crippen molar-refractivity contribution in [3.05, 3.63) is 28.8 Å². The van der Waals surface area contributed by atoms with Crippen molar-refractivity contribution in [1.29, 1.82) is 0 Å². The van der Waals surface area contributed by atoms with Crippen LogP contribution in [0.25, 0.3) is 11.4 Å². The zero-order valence-corrected chi connectivity index (χ0v) is 13.1. The number of hydrogen-bond donors (Lipinski definition) is 0. The van der Waals surface area contributed by atoms with E-state index in [4.69, 9.17) is 9.26 Å². The minimum absolute atomic E-state index is 0.279. The van der Waals surface area contributed by atoms with Crippen LogP contribution in [0, 0.1) is 0 Å². The maximum Gasteiger partial charge on any atom is 0.321 e. The van der Waals surface area contributed by atoms with Crippen LogP contribution < -0.4 is 0 Å². The van der Waals surface area contributed by atoms with Gasteiger partial charge in [0.05, 0.1) is 6.61 Å².